The zero-order chi connectivity index (χ0) is 23.8. The van der Waals surface area contributed by atoms with E-state index in [2.05, 4.69) is 35.8 Å². The van der Waals surface area contributed by atoms with Gasteiger partial charge in [0, 0.05) is 43.5 Å². The van der Waals surface area contributed by atoms with Crippen molar-refractivity contribution in [2.45, 2.75) is 31.9 Å². The number of imidazole rings is 1. The number of hydrogen-bond acceptors (Lipinski definition) is 7. The van der Waals surface area contributed by atoms with E-state index in [4.69, 9.17) is 0 Å². The maximum Gasteiger partial charge on any atom is 0.248 e. The fourth-order valence-electron chi connectivity index (χ4n) is 4.32. The Labute approximate surface area is 198 Å². The van der Waals surface area contributed by atoms with Gasteiger partial charge in [0.15, 0.2) is 0 Å². The van der Waals surface area contributed by atoms with Crippen molar-refractivity contribution < 1.29 is 8.78 Å². The van der Waals surface area contributed by atoms with Crippen LogP contribution < -0.4 is 5.32 Å². The van der Waals surface area contributed by atoms with Gasteiger partial charge in [0.05, 0.1) is 37.0 Å². The van der Waals surface area contributed by atoms with Crippen molar-refractivity contribution in [1.29, 1.82) is 0 Å². The zero-order valence-electron chi connectivity index (χ0n) is 18.7. The van der Waals surface area contributed by atoms with Gasteiger partial charge in [-0.2, -0.15) is 15.0 Å². The van der Waals surface area contributed by atoms with E-state index in [0.29, 0.717) is 25.3 Å². The fraction of sp³-hybridized carbons (Fsp3) is 0.304. The van der Waals surface area contributed by atoms with Crippen molar-refractivity contribution in [1.82, 2.24) is 49.7 Å². The number of nitrogens with zero attached hydrogens (tertiary/aromatic N) is 9. The predicted octanol–water partition coefficient (Wildman–Crippen LogP) is 2.75. The maximum absolute atomic E-state index is 13.0. The van der Waals surface area contributed by atoms with E-state index in [1.54, 1.807) is 29.5 Å². The number of alkyl halides is 2. The van der Waals surface area contributed by atoms with Crippen LogP contribution in [-0.4, -0.2) is 56.8 Å². The summed E-state index contributed by atoms with van der Waals surface area (Å²) in [5.41, 5.74) is 4.96. The van der Waals surface area contributed by atoms with Gasteiger partial charge in [-0.15, -0.1) is 5.10 Å². The summed E-state index contributed by atoms with van der Waals surface area (Å²) >= 11 is 0. The van der Waals surface area contributed by atoms with Crippen molar-refractivity contribution >= 4 is 5.65 Å². The monoisotopic (exact) mass is 476 g/mol. The Morgan fingerprint density at radius 3 is 2.74 bits per heavy atom. The molecule has 0 spiro atoms. The summed E-state index contributed by atoms with van der Waals surface area (Å²) < 4.78 is 29.6. The minimum Gasteiger partial charge on any atom is -0.312 e. The van der Waals surface area contributed by atoms with E-state index in [1.807, 2.05) is 41.2 Å². The number of nitrogens with one attached hydrogen (secondary N) is 1. The lowest BCUT2D eigenvalue weighted by atomic mass is 9.81. The Hall–Kier alpha value is -4.06. The third kappa shape index (κ3) is 4.64. The molecule has 0 amide bonds. The Bertz CT molecular complexity index is 1450. The third-order valence-electron chi connectivity index (χ3n) is 6.03. The number of hydrogen-bond donors (Lipinski definition) is 1. The average molecular weight is 476 g/mol. The SMILES string of the molecule is FC1(F)CC(CNCc2ccc3nc(Cn4cc(-c5cncc(-n6nccn6)c5)nn4)cn3c2)C1. The number of halogens is 2. The molecule has 1 N–H and O–H groups in total. The largest absolute Gasteiger partial charge is 0.312 e. The molecule has 0 aliphatic heterocycles. The van der Waals surface area contributed by atoms with Gasteiger partial charge in [0.2, 0.25) is 5.92 Å². The standard InChI is InChI=1S/C23H22F2N10/c24-23(25)6-17(7-23)9-26-8-16-1-2-22-30-19(13-33(22)12-16)14-34-15-21(31-32-34)18-5-20(11-27-10-18)35-28-3-4-29-35/h1-5,10-13,15,17,26H,6-9,14H2. The highest BCUT2D eigenvalue weighted by Gasteiger charge is 2.44. The highest BCUT2D eigenvalue weighted by molar-refractivity contribution is 5.59. The Morgan fingerprint density at radius 1 is 1.06 bits per heavy atom. The molecule has 12 heteroatoms. The first-order chi connectivity index (χ1) is 17.0. The minimum absolute atomic E-state index is 0.0165. The van der Waals surface area contributed by atoms with Gasteiger partial charge in [-0.1, -0.05) is 11.3 Å². The van der Waals surface area contributed by atoms with Crippen molar-refractivity contribution in [2.24, 2.45) is 5.92 Å². The molecule has 0 unspecified atom stereocenters. The second-order valence-corrected chi connectivity index (χ2v) is 8.85. The van der Waals surface area contributed by atoms with Crippen LogP contribution in [0.3, 0.4) is 0 Å². The first-order valence-corrected chi connectivity index (χ1v) is 11.3. The van der Waals surface area contributed by atoms with Gasteiger partial charge in [0.25, 0.3) is 0 Å². The smallest absolute Gasteiger partial charge is 0.248 e. The molecule has 5 aromatic rings. The van der Waals surface area contributed by atoms with Crippen LogP contribution in [0.2, 0.25) is 0 Å². The molecule has 5 heterocycles. The Kier molecular flexibility index (Phi) is 5.29. The summed E-state index contributed by atoms with van der Waals surface area (Å²) in [5, 5.41) is 20.0. The van der Waals surface area contributed by atoms with Gasteiger partial charge < -0.3 is 9.72 Å². The first kappa shape index (κ1) is 21.5. The number of pyridine rings is 2. The number of rotatable bonds is 8. The van der Waals surface area contributed by atoms with Gasteiger partial charge in [0.1, 0.15) is 17.0 Å². The number of fused-ring (bicyclic) bond motifs is 1. The van der Waals surface area contributed by atoms with Gasteiger partial charge in [-0.3, -0.25) is 4.98 Å². The van der Waals surface area contributed by atoms with Crippen molar-refractivity contribution in [3.63, 3.8) is 0 Å². The highest BCUT2D eigenvalue weighted by Crippen LogP contribution is 2.41. The second-order valence-electron chi connectivity index (χ2n) is 8.85. The molecule has 0 atom stereocenters. The third-order valence-corrected chi connectivity index (χ3v) is 6.03. The lowest BCUT2D eigenvalue weighted by Gasteiger charge is -2.35. The van der Waals surface area contributed by atoms with E-state index in [0.717, 1.165) is 28.2 Å². The van der Waals surface area contributed by atoms with Gasteiger partial charge in [-0.25, -0.2) is 18.4 Å². The fourth-order valence-corrected chi connectivity index (χ4v) is 4.32. The molecule has 1 saturated carbocycles. The molecule has 0 aromatic carbocycles. The minimum atomic E-state index is -2.47. The summed E-state index contributed by atoms with van der Waals surface area (Å²) in [6, 6.07) is 5.85. The normalized spacial score (nSPS) is 15.5. The molecule has 35 heavy (non-hydrogen) atoms. The lowest BCUT2D eigenvalue weighted by Crippen LogP contribution is -2.40. The van der Waals surface area contributed by atoms with Crippen LogP contribution in [0.15, 0.2) is 61.6 Å². The van der Waals surface area contributed by atoms with Crippen molar-refractivity contribution in [3.8, 4) is 16.9 Å². The van der Waals surface area contributed by atoms with E-state index in [-0.39, 0.29) is 18.8 Å². The van der Waals surface area contributed by atoms with Crippen LogP contribution >= 0.6 is 0 Å². The topological polar surface area (TPSA) is 104 Å². The molecule has 1 aliphatic rings. The molecule has 10 nitrogen and oxygen atoms in total. The van der Waals surface area contributed by atoms with E-state index in [9.17, 15) is 8.78 Å². The first-order valence-electron chi connectivity index (χ1n) is 11.3. The zero-order valence-corrected chi connectivity index (χ0v) is 18.7. The summed E-state index contributed by atoms with van der Waals surface area (Å²) in [6.45, 7) is 1.69. The van der Waals surface area contributed by atoms with Crippen molar-refractivity contribution in [3.05, 3.63) is 72.8 Å². The Morgan fingerprint density at radius 2 is 1.91 bits per heavy atom. The molecule has 1 aliphatic carbocycles. The molecule has 0 bridgehead atoms. The molecule has 1 fully saturated rings. The molecule has 5 aromatic heterocycles. The summed E-state index contributed by atoms with van der Waals surface area (Å²) in [4.78, 5) is 10.4. The average Bonchev–Trinajstić information content (AvgIpc) is 3.59. The summed E-state index contributed by atoms with van der Waals surface area (Å²) in [5.74, 6) is -2.41. The van der Waals surface area contributed by atoms with Crippen molar-refractivity contribution in [2.75, 3.05) is 6.54 Å². The summed E-state index contributed by atoms with van der Waals surface area (Å²) in [7, 11) is 0. The molecular formula is C23H22F2N10. The van der Waals surface area contributed by atoms with Crippen LogP contribution in [0.25, 0.3) is 22.6 Å². The van der Waals surface area contributed by atoms with E-state index < -0.39 is 5.92 Å². The van der Waals surface area contributed by atoms with Crippen LogP contribution in [0.4, 0.5) is 8.78 Å². The van der Waals surface area contributed by atoms with Crippen LogP contribution in [0, 0.1) is 5.92 Å². The summed E-state index contributed by atoms with van der Waals surface area (Å²) in [6.07, 6.45) is 12.4. The molecule has 6 rings (SSSR count). The van der Waals surface area contributed by atoms with Gasteiger partial charge in [-0.05, 0) is 30.2 Å². The maximum atomic E-state index is 13.0. The predicted molar refractivity (Wildman–Crippen MR) is 122 cm³/mol. The second kappa shape index (κ2) is 8.62. The van der Waals surface area contributed by atoms with E-state index in [1.165, 1.54) is 4.80 Å². The quantitative estimate of drug-likeness (QED) is 0.367. The number of aromatic nitrogens is 9. The Balaban J connectivity index is 1.11. The van der Waals surface area contributed by atoms with E-state index >= 15 is 0 Å². The van der Waals surface area contributed by atoms with Crippen LogP contribution in [0.5, 0.6) is 0 Å². The van der Waals surface area contributed by atoms with Gasteiger partial charge >= 0.3 is 0 Å². The molecular weight excluding hydrogens is 454 g/mol. The van der Waals surface area contributed by atoms with Crippen LogP contribution in [-0.2, 0) is 13.1 Å². The lowest BCUT2D eigenvalue weighted by molar-refractivity contribution is -0.109. The van der Waals surface area contributed by atoms with Crippen LogP contribution in [0.1, 0.15) is 24.1 Å². The molecule has 0 radical (unpaired) electrons. The molecule has 178 valence electrons. The molecule has 0 saturated heterocycles. The highest BCUT2D eigenvalue weighted by atomic mass is 19.3.